The van der Waals surface area contributed by atoms with Crippen molar-refractivity contribution < 1.29 is 14.3 Å². The standard InChI is InChI=1S/C17H16ClN3O3/c1-23-4-5-24-17(22)12-2-3-19-14(6-12)8-15-9-16-7-13(18)10-21(16)11-20-15/h2-3,6-7,9-11H,4-5,8H2,1H3. The fraction of sp³-hybridized carbons (Fsp3) is 0.235. The highest BCUT2D eigenvalue weighted by molar-refractivity contribution is 6.31. The molecule has 3 aromatic heterocycles. The summed E-state index contributed by atoms with van der Waals surface area (Å²) in [5.41, 5.74) is 3.00. The van der Waals surface area contributed by atoms with E-state index < -0.39 is 5.97 Å². The van der Waals surface area contributed by atoms with E-state index in [1.165, 1.54) is 0 Å². The lowest BCUT2D eigenvalue weighted by molar-refractivity contribution is 0.0388. The average Bonchev–Trinajstić information content (AvgIpc) is 2.94. The minimum Gasteiger partial charge on any atom is -0.460 e. The normalized spacial score (nSPS) is 10.9. The monoisotopic (exact) mass is 345 g/mol. The second-order valence-electron chi connectivity index (χ2n) is 5.21. The zero-order valence-corrected chi connectivity index (χ0v) is 13.9. The maximum atomic E-state index is 12.0. The van der Waals surface area contributed by atoms with Gasteiger partial charge in [-0.25, -0.2) is 9.78 Å². The Bertz CT molecular complexity index is 863. The summed E-state index contributed by atoms with van der Waals surface area (Å²) in [4.78, 5) is 20.6. The third kappa shape index (κ3) is 3.90. The molecule has 0 aliphatic rings. The van der Waals surface area contributed by atoms with Crippen LogP contribution in [0.15, 0.2) is 43.0 Å². The molecule has 0 radical (unpaired) electrons. The molecule has 0 saturated carbocycles. The second kappa shape index (κ2) is 7.42. The predicted octanol–water partition coefficient (Wildman–Crippen LogP) is 2.78. The van der Waals surface area contributed by atoms with Crippen LogP contribution in [0.25, 0.3) is 5.52 Å². The molecule has 0 amide bonds. The number of esters is 1. The van der Waals surface area contributed by atoms with Gasteiger partial charge in [-0.1, -0.05) is 11.6 Å². The fourth-order valence-electron chi connectivity index (χ4n) is 2.31. The molecule has 0 bridgehead atoms. The van der Waals surface area contributed by atoms with Crippen molar-refractivity contribution in [2.24, 2.45) is 0 Å². The SMILES string of the molecule is COCCOC(=O)c1ccnc(Cc2cc3cc(Cl)cn3cn2)c1. The first-order valence-corrected chi connectivity index (χ1v) is 7.76. The van der Waals surface area contributed by atoms with Crippen LogP contribution in [0, 0.1) is 0 Å². The Hall–Kier alpha value is -2.44. The Morgan fingerprint density at radius 3 is 2.88 bits per heavy atom. The van der Waals surface area contributed by atoms with Crippen molar-refractivity contribution in [1.29, 1.82) is 0 Å². The van der Waals surface area contributed by atoms with Gasteiger partial charge in [-0.3, -0.25) is 4.98 Å². The van der Waals surface area contributed by atoms with Crippen LogP contribution in [0.1, 0.15) is 21.7 Å². The smallest absolute Gasteiger partial charge is 0.338 e. The molecule has 0 aliphatic heterocycles. The molecule has 3 aromatic rings. The molecule has 24 heavy (non-hydrogen) atoms. The van der Waals surface area contributed by atoms with Crippen LogP contribution in [-0.4, -0.2) is 40.7 Å². The van der Waals surface area contributed by atoms with Gasteiger partial charge in [0.2, 0.25) is 0 Å². The van der Waals surface area contributed by atoms with E-state index in [0.717, 1.165) is 16.9 Å². The summed E-state index contributed by atoms with van der Waals surface area (Å²) in [6.07, 6.45) is 5.61. The summed E-state index contributed by atoms with van der Waals surface area (Å²) in [6, 6.07) is 7.15. The number of hydrogen-bond donors (Lipinski definition) is 0. The molecule has 0 saturated heterocycles. The minimum atomic E-state index is -0.391. The highest BCUT2D eigenvalue weighted by Crippen LogP contribution is 2.16. The molecule has 3 rings (SSSR count). The van der Waals surface area contributed by atoms with E-state index in [9.17, 15) is 4.79 Å². The second-order valence-corrected chi connectivity index (χ2v) is 5.65. The van der Waals surface area contributed by atoms with Crippen LogP contribution in [0.3, 0.4) is 0 Å². The van der Waals surface area contributed by atoms with Crippen molar-refractivity contribution in [2.45, 2.75) is 6.42 Å². The van der Waals surface area contributed by atoms with Crippen LogP contribution in [0.2, 0.25) is 5.02 Å². The van der Waals surface area contributed by atoms with Crippen LogP contribution in [0.5, 0.6) is 0 Å². The summed E-state index contributed by atoms with van der Waals surface area (Å²) < 4.78 is 11.8. The summed E-state index contributed by atoms with van der Waals surface area (Å²) in [5.74, 6) is -0.391. The first-order valence-electron chi connectivity index (χ1n) is 7.39. The van der Waals surface area contributed by atoms with Gasteiger partial charge in [0.15, 0.2) is 0 Å². The van der Waals surface area contributed by atoms with Crippen molar-refractivity contribution in [3.63, 3.8) is 0 Å². The Kier molecular flexibility index (Phi) is 5.08. The number of aromatic nitrogens is 3. The topological polar surface area (TPSA) is 65.7 Å². The third-order valence-corrected chi connectivity index (χ3v) is 3.65. The van der Waals surface area contributed by atoms with E-state index in [1.54, 1.807) is 38.0 Å². The van der Waals surface area contributed by atoms with Gasteiger partial charge in [-0.05, 0) is 24.3 Å². The molecule has 0 spiro atoms. The van der Waals surface area contributed by atoms with Crippen LogP contribution >= 0.6 is 11.6 Å². The fourth-order valence-corrected chi connectivity index (χ4v) is 2.52. The molecule has 0 aromatic carbocycles. The first kappa shape index (κ1) is 16.4. The molecule has 7 heteroatoms. The summed E-state index contributed by atoms with van der Waals surface area (Å²) in [6.45, 7) is 0.591. The van der Waals surface area contributed by atoms with Crippen LogP contribution < -0.4 is 0 Å². The number of fused-ring (bicyclic) bond motifs is 1. The van der Waals surface area contributed by atoms with Gasteiger partial charge in [0.05, 0.1) is 29.2 Å². The van der Waals surface area contributed by atoms with Crippen molar-refractivity contribution in [3.05, 3.63) is 65.0 Å². The largest absolute Gasteiger partial charge is 0.460 e. The van der Waals surface area contributed by atoms with E-state index in [4.69, 9.17) is 21.1 Å². The lowest BCUT2D eigenvalue weighted by atomic mass is 10.1. The van der Waals surface area contributed by atoms with Gasteiger partial charge >= 0.3 is 5.97 Å². The molecule has 124 valence electrons. The number of methoxy groups -OCH3 is 1. The Morgan fingerprint density at radius 1 is 1.21 bits per heavy atom. The number of pyridine rings is 1. The van der Waals surface area contributed by atoms with Gasteiger partial charge in [0.1, 0.15) is 6.61 Å². The highest BCUT2D eigenvalue weighted by atomic mass is 35.5. The summed E-state index contributed by atoms with van der Waals surface area (Å²) >= 11 is 5.98. The van der Waals surface area contributed by atoms with E-state index in [2.05, 4.69) is 9.97 Å². The molecular weight excluding hydrogens is 330 g/mol. The molecule has 0 aliphatic carbocycles. The number of carbonyl (C=O) groups is 1. The van der Waals surface area contributed by atoms with Crippen LogP contribution in [0.4, 0.5) is 0 Å². The van der Waals surface area contributed by atoms with E-state index >= 15 is 0 Å². The maximum absolute atomic E-state index is 12.0. The molecular formula is C17H16ClN3O3. The number of rotatable bonds is 6. The van der Waals surface area contributed by atoms with Crippen molar-refractivity contribution in [2.75, 3.05) is 20.3 Å². The lowest BCUT2D eigenvalue weighted by Gasteiger charge is -2.06. The van der Waals surface area contributed by atoms with Gasteiger partial charge in [0.25, 0.3) is 0 Å². The van der Waals surface area contributed by atoms with Gasteiger partial charge in [-0.15, -0.1) is 0 Å². The molecule has 0 fully saturated rings. The summed E-state index contributed by atoms with van der Waals surface area (Å²) in [7, 11) is 1.56. The van der Waals surface area contributed by atoms with E-state index in [1.807, 2.05) is 16.5 Å². The number of hydrogen-bond acceptors (Lipinski definition) is 5. The maximum Gasteiger partial charge on any atom is 0.338 e. The van der Waals surface area contributed by atoms with Crippen molar-refractivity contribution >= 4 is 23.1 Å². The lowest BCUT2D eigenvalue weighted by Crippen LogP contribution is -2.10. The van der Waals surface area contributed by atoms with Gasteiger partial charge < -0.3 is 13.9 Å². The Morgan fingerprint density at radius 2 is 2.04 bits per heavy atom. The zero-order valence-electron chi connectivity index (χ0n) is 13.1. The third-order valence-electron chi connectivity index (χ3n) is 3.44. The molecule has 0 unspecified atom stereocenters. The average molecular weight is 346 g/mol. The first-order chi connectivity index (χ1) is 11.7. The Labute approximate surface area is 144 Å². The molecule has 0 atom stereocenters. The zero-order chi connectivity index (χ0) is 16.9. The van der Waals surface area contributed by atoms with E-state index in [-0.39, 0.29) is 6.61 Å². The minimum absolute atomic E-state index is 0.222. The van der Waals surface area contributed by atoms with Crippen LogP contribution in [-0.2, 0) is 15.9 Å². The number of ether oxygens (including phenoxy) is 2. The number of nitrogens with zero attached hydrogens (tertiary/aromatic N) is 3. The molecule has 3 heterocycles. The van der Waals surface area contributed by atoms with Gasteiger partial charge in [-0.2, -0.15) is 0 Å². The predicted molar refractivity (Wildman–Crippen MR) is 89.4 cm³/mol. The number of halogens is 1. The van der Waals surface area contributed by atoms with Crippen molar-refractivity contribution in [1.82, 2.24) is 14.4 Å². The molecule has 6 nitrogen and oxygen atoms in total. The Balaban J connectivity index is 1.74. The number of carbonyl (C=O) groups excluding carboxylic acids is 1. The molecule has 0 N–H and O–H groups in total. The van der Waals surface area contributed by atoms with Crippen molar-refractivity contribution in [3.8, 4) is 0 Å². The summed E-state index contributed by atoms with van der Waals surface area (Å²) in [5, 5.41) is 0.660. The van der Waals surface area contributed by atoms with E-state index in [0.29, 0.717) is 23.6 Å². The quantitative estimate of drug-likeness (QED) is 0.507. The highest BCUT2D eigenvalue weighted by Gasteiger charge is 2.09. The van der Waals surface area contributed by atoms with Gasteiger partial charge in [0, 0.05) is 37.1 Å².